The Morgan fingerprint density at radius 2 is 2.03 bits per heavy atom. The number of fused-ring (bicyclic) bond motifs is 1. The second-order valence-electron chi connectivity index (χ2n) is 6.81. The third-order valence-corrected chi connectivity index (χ3v) is 5.00. The maximum atomic E-state index is 14.0. The third-order valence-electron chi connectivity index (χ3n) is 5.00. The highest BCUT2D eigenvalue weighted by atomic mass is 19.1. The SMILES string of the molecule is C=C[C@H]1CN(c2ccc3nc(-c4cc(F)c(OC)c(F)c4)cc(=O)n3c2)CCN1. The minimum Gasteiger partial charge on any atom is -0.491 e. The van der Waals surface area contributed by atoms with Crippen molar-refractivity contribution in [2.24, 2.45) is 0 Å². The summed E-state index contributed by atoms with van der Waals surface area (Å²) in [5.74, 6) is -2.17. The fourth-order valence-electron chi connectivity index (χ4n) is 3.50. The van der Waals surface area contributed by atoms with Crippen molar-refractivity contribution in [3.05, 3.63) is 71.2 Å². The Bertz CT molecular complexity index is 1120. The monoisotopic (exact) mass is 398 g/mol. The molecule has 0 bridgehead atoms. The fourth-order valence-corrected chi connectivity index (χ4v) is 3.50. The summed E-state index contributed by atoms with van der Waals surface area (Å²) in [7, 11) is 1.19. The van der Waals surface area contributed by atoms with E-state index in [2.05, 4.69) is 21.8 Å². The number of halogens is 2. The van der Waals surface area contributed by atoms with Crippen molar-refractivity contribution in [1.82, 2.24) is 14.7 Å². The van der Waals surface area contributed by atoms with Crippen molar-refractivity contribution in [2.75, 3.05) is 31.6 Å². The molecule has 1 aliphatic rings. The first kappa shape index (κ1) is 19.1. The first-order chi connectivity index (χ1) is 14.0. The smallest absolute Gasteiger partial charge is 0.258 e. The maximum Gasteiger partial charge on any atom is 0.258 e. The van der Waals surface area contributed by atoms with Gasteiger partial charge < -0.3 is 15.0 Å². The van der Waals surface area contributed by atoms with E-state index in [1.54, 1.807) is 12.3 Å². The van der Waals surface area contributed by atoms with Crippen LogP contribution in [0.4, 0.5) is 14.5 Å². The number of pyridine rings is 1. The van der Waals surface area contributed by atoms with E-state index in [0.717, 1.165) is 37.5 Å². The Labute approximate surface area is 166 Å². The summed E-state index contributed by atoms with van der Waals surface area (Å²) >= 11 is 0. The number of nitrogens with one attached hydrogen (secondary N) is 1. The molecule has 3 aromatic rings. The molecule has 0 saturated carbocycles. The predicted molar refractivity (Wildman–Crippen MR) is 108 cm³/mol. The van der Waals surface area contributed by atoms with Gasteiger partial charge in [-0.3, -0.25) is 9.20 Å². The second kappa shape index (κ2) is 7.63. The van der Waals surface area contributed by atoms with Crippen LogP contribution in [0.2, 0.25) is 0 Å². The summed E-state index contributed by atoms with van der Waals surface area (Å²) in [6.45, 7) is 6.19. The molecule has 150 valence electrons. The zero-order chi connectivity index (χ0) is 20.5. The van der Waals surface area contributed by atoms with Crippen LogP contribution in [0.3, 0.4) is 0 Å². The van der Waals surface area contributed by atoms with E-state index in [-0.39, 0.29) is 22.9 Å². The van der Waals surface area contributed by atoms with Crippen molar-refractivity contribution in [3.8, 4) is 17.0 Å². The van der Waals surface area contributed by atoms with Crippen molar-refractivity contribution in [2.45, 2.75) is 6.04 Å². The molecule has 1 aliphatic heterocycles. The van der Waals surface area contributed by atoms with Crippen molar-refractivity contribution in [1.29, 1.82) is 0 Å². The normalized spacial score (nSPS) is 16.8. The van der Waals surface area contributed by atoms with Gasteiger partial charge in [0.15, 0.2) is 17.4 Å². The minimum atomic E-state index is -0.852. The summed E-state index contributed by atoms with van der Waals surface area (Å²) in [6.07, 6.45) is 3.59. The number of benzene rings is 1. The van der Waals surface area contributed by atoms with Gasteiger partial charge in [0.1, 0.15) is 5.65 Å². The van der Waals surface area contributed by atoms with Gasteiger partial charge in [0.05, 0.1) is 18.5 Å². The highest BCUT2D eigenvalue weighted by Crippen LogP contribution is 2.28. The van der Waals surface area contributed by atoms with Gasteiger partial charge in [0, 0.05) is 43.5 Å². The zero-order valence-electron chi connectivity index (χ0n) is 15.9. The Morgan fingerprint density at radius 3 is 2.72 bits per heavy atom. The molecule has 1 N–H and O–H groups in total. The van der Waals surface area contributed by atoms with Crippen LogP contribution in [0.25, 0.3) is 16.9 Å². The van der Waals surface area contributed by atoms with E-state index in [1.807, 2.05) is 12.1 Å². The largest absolute Gasteiger partial charge is 0.491 e. The molecule has 0 aliphatic carbocycles. The molecule has 0 radical (unpaired) electrons. The number of rotatable bonds is 4. The van der Waals surface area contributed by atoms with Gasteiger partial charge in [-0.25, -0.2) is 13.8 Å². The first-order valence-corrected chi connectivity index (χ1v) is 9.18. The molecule has 3 heterocycles. The highest BCUT2D eigenvalue weighted by molar-refractivity contribution is 5.64. The number of ether oxygens (including phenoxy) is 1. The van der Waals surface area contributed by atoms with Crippen LogP contribution >= 0.6 is 0 Å². The van der Waals surface area contributed by atoms with E-state index in [9.17, 15) is 13.6 Å². The molecule has 1 saturated heterocycles. The van der Waals surface area contributed by atoms with Crippen molar-refractivity contribution < 1.29 is 13.5 Å². The second-order valence-corrected chi connectivity index (χ2v) is 6.81. The zero-order valence-corrected chi connectivity index (χ0v) is 15.9. The molecule has 0 spiro atoms. The van der Waals surface area contributed by atoms with Gasteiger partial charge in [-0.05, 0) is 24.3 Å². The van der Waals surface area contributed by atoms with Gasteiger partial charge in [-0.15, -0.1) is 6.58 Å². The molecular weight excluding hydrogens is 378 g/mol. The molecule has 1 atom stereocenters. The Morgan fingerprint density at radius 1 is 1.28 bits per heavy atom. The molecular formula is C21H20F2N4O2. The van der Waals surface area contributed by atoms with Crippen LogP contribution < -0.4 is 20.5 Å². The number of piperazine rings is 1. The molecule has 1 fully saturated rings. The molecule has 29 heavy (non-hydrogen) atoms. The molecule has 6 nitrogen and oxygen atoms in total. The van der Waals surface area contributed by atoms with Gasteiger partial charge in [0.25, 0.3) is 5.56 Å². The lowest BCUT2D eigenvalue weighted by Gasteiger charge is -2.33. The summed E-state index contributed by atoms with van der Waals surface area (Å²) in [6, 6.07) is 7.25. The number of nitrogens with zero attached hydrogens (tertiary/aromatic N) is 3. The van der Waals surface area contributed by atoms with E-state index in [0.29, 0.717) is 5.65 Å². The topological polar surface area (TPSA) is 58.9 Å². The number of hydrogen-bond donors (Lipinski definition) is 1. The number of aromatic nitrogens is 2. The van der Waals surface area contributed by atoms with Crippen LogP contribution in [0.1, 0.15) is 0 Å². The third kappa shape index (κ3) is 3.58. The maximum absolute atomic E-state index is 14.0. The lowest BCUT2D eigenvalue weighted by atomic mass is 10.1. The van der Waals surface area contributed by atoms with E-state index in [4.69, 9.17) is 4.74 Å². The molecule has 1 aromatic carbocycles. The van der Waals surface area contributed by atoms with Crippen molar-refractivity contribution >= 4 is 11.3 Å². The Hall–Kier alpha value is -3.26. The van der Waals surface area contributed by atoms with Gasteiger partial charge >= 0.3 is 0 Å². The summed E-state index contributed by atoms with van der Waals surface area (Å²) < 4.78 is 34.2. The molecule has 4 rings (SSSR count). The average molecular weight is 398 g/mol. The van der Waals surface area contributed by atoms with E-state index >= 15 is 0 Å². The van der Waals surface area contributed by atoms with Crippen molar-refractivity contribution in [3.63, 3.8) is 0 Å². The summed E-state index contributed by atoms with van der Waals surface area (Å²) in [5.41, 5.74) is 1.31. The quantitative estimate of drug-likeness (QED) is 0.685. The van der Waals surface area contributed by atoms with Gasteiger partial charge in [-0.2, -0.15) is 0 Å². The lowest BCUT2D eigenvalue weighted by Crippen LogP contribution is -2.49. The average Bonchev–Trinajstić information content (AvgIpc) is 2.73. The van der Waals surface area contributed by atoms with Crippen LogP contribution in [0, 0.1) is 11.6 Å². The number of methoxy groups -OCH3 is 1. The predicted octanol–water partition coefficient (Wildman–Crippen LogP) is 2.61. The summed E-state index contributed by atoms with van der Waals surface area (Å²) in [4.78, 5) is 19.3. The number of anilines is 1. The number of hydrogen-bond acceptors (Lipinski definition) is 5. The lowest BCUT2D eigenvalue weighted by molar-refractivity contribution is 0.360. The Kier molecular flexibility index (Phi) is 5.02. The van der Waals surface area contributed by atoms with Crippen LogP contribution in [-0.2, 0) is 0 Å². The molecule has 0 amide bonds. The standard InChI is InChI=1S/C21H20F2N4O2/c1-3-14-11-26(7-6-24-14)15-4-5-19-25-18(10-20(28)27(19)12-15)13-8-16(22)21(29-2)17(23)9-13/h3-5,8-10,12,14,24H,1,6-7,11H2,2H3/t14-/m0/s1. The Balaban J connectivity index is 1.74. The molecule has 8 heteroatoms. The van der Waals surface area contributed by atoms with E-state index in [1.165, 1.54) is 17.6 Å². The van der Waals surface area contributed by atoms with Gasteiger partial charge in [-0.1, -0.05) is 6.08 Å². The van der Waals surface area contributed by atoms with Crippen LogP contribution in [0.5, 0.6) is 5.75 Å². The van der Waals surface area contributed by atoms with Crippen LogP contribution in [-0.4, -0.2) is 42.2 Å². The van der Waals surface area contributed by atoms with Crippen LogP contribution in [0.15, 0.2) is 54.0 Å². The van der Waals surface area contributed by atoms with Gasteiger partial charge in [0.2, 0.25) is 0 Å². The first-order valence-electron chi connectivity index (χ1n) is 9.18. The minimum absolute atomic E-state index is 0.167. The summed E-state index contributed by atoms with van der Waals surface area (Å²) in [5, 5.41) is 3.35. The molecule has 0 unspecified atom stereocenters. The molecule has 2 aromatic heterocycles. The fraction of sp³-hybridized carbons (Fsp3) is 0.238. The van der Waals surface area contributed by atoms with E-state index < -0.39 is 17.4 Å². The highest BCUT2D eigenvalue weighted by Gasteiger charge is 2.18.